The zero-order chi connectivity index (χ0) is 9.90. The van der Waals surface area contributed by atoms with E-state index in [1.807, 2.05) is 0 Å². The molecule has 1 unspecified atom stereocenters. The van der Waals surface area contributed by atoms with E-state index < -0.39 is 0 Å². The lowest BCUT2D eigenvalue weighted by atomic mass is 9.66. The van der Waals surface area contributed by atoms with Crippen LogP contribution in [0.25, 0.3) is 0 Å². The molecule has 1 fully saturated rings. The van der Waals surface area contributed by atoms with Crippen LogP contribution in [0.15, 0.2) is 0 Å². The van der Waals surface area contributed by atoms with Crippen LogP contribution >= 0.6 is 0 Å². The lowest BCUT2D eigenvalue weighted by molar-refractivity contribution is -0.0206. The number of rotatable bonds is 3. The molecule has 0 bridgehead atoms. The van der Waals surface area contributed by atoms with Gasteiger partial charge in [0.05, 0.1) is 0 Å². The molecular formula is C11H23NO. The minimum atomic E-state index is 0.354. The average Bonchev–Trinajstić information content (AvgIpc) is 2.17. The summed E-state index contributed by atoms with van der Waals surface area (Å²) in [6.45, 7) is 9.52. The highest BCUT2D eigenvalue weighted by Crippen LogP contribution is 2.40. The van der Waals surface area contributed by atoms with Gasteiger partial charge < -0.3 is 10.5 Å². The Morgan fingerprint density at radius 3 is 2.15 bits per heavy atom. The van der Waals surface area contributed by atoms with Crippen LogP contribution in [0.4, 0.5) is 0 Å². The monoisotopic (exact) mass is 185 g/mol. The van der Waals surface area contributed by atoms with Gasteiger partial charge in [0.15, 0.2) is 0 Å². The third kappa shape index (κ3) is 2.23. The summed E-state index contributed by atoms with van der Waals surface area (Å²) < 4.78 is 5.40. The maximum Gasteiger partial charge on any atom is 0.0471 e. The maximum absolute atomic E-state index is 5.92. The van der Waals surface area contributed by atoms with Gasteiger partial charge in [-0.3, -0.25) is 0 Å². The van der Waals surface area contributed by atoms with Gasteiger partial charge in [0.2, 0.25) is 0 Å². The second kappa shape index (κ2) is 4.43. The van der Waals surface area contributed by atoms with Crippen LogP contribution in [-0.2, 0) is 4.74 Å². The number of hydrogen-bond donors (Lipinski definition) is 1. The Morgan fingerprint density at radius 2 is 1.77 bits per heavy atom. The van der Waals surface area contributed by atoms with Gasteiger partial charge in [0.1, 0.15) is 0 Å². The summed E-state index contributed by atoms with van der Waals surface area (Å²) in [7, 11) is 0. The number of nitrogens with two attached hydrogens (primary N) is 1. The van der Waals surface area contributed by atoms with E-state index in [0.29, 0.717) is 11.3 Å². The second-order valence-electron chi connectivity index (χ2n) is 4.71. The first-order valence-corrected chi connectivity index (χ1v) is 5.40. The first-order chi connectivity index (χ1) is 6.12. The fraction of sp³-hybridized carbons (Fsp3) is 1.00. The van der Waals surface area contributed by atoms with Crippen molar-refractivity contribution in [2.24, 2.45) is 23.0 Å². The zero-order valence-corrected chi connectivity index (χ0v) is 9.18. The van der Waals surface area contributed by atoms with Gasteiger partial charge >= 0.3 is 0 Å². The second-order valence-corrected chi connectivity index (χ2v) is 4.71. The van der Waals surface area contributed by atoms with Gasteiger partial charge in [-0.25, -0.2) is 0 Å². The molecule has 0 aromatic rings. The largest absolute Gasteiger partial charge is 0.381 e. The third-order valence-electron chi connectivity index (χ3n) is 3.86. The molecular weight excluding hydrogens is 162 g/mol. The van der Waals surface area contributed by atoms with Gasteiger partial charge in [-0.05, 0) is 36.6 Å². The highest BCUT2D eigenvalue weighted by atomic mass is 16.5. The zero-order valence-electron chi connectivity index (χ0n) is 9.18. The van der Waals surface area contributed by atoms with Crippen molar-refractivity contribution >= 4 is 0 Å². The van der Waals surface area contributed by atoms with Crippen LogP contribution in [0, 0.1) is 17.3 Å². The van der Waals surface area contributed by atoms with E-state index >= 15 is 0 Å². The summed E-state index contributed by atoms with van der Waals surface area (Å²) in [5.41, 5.74) is 6.27. The third-order valence-corrected chi connectivity index (χ3v) is 3.86. The molecule has 1 saturated heterocycles. The fourth-order valence-corrected chi connectivity index (χ4v) is 2.33. The van der Waals surface area contributed by atoms with Crippen molar-refractivity contribution in [2.75, 3.05) is 19.8 Å². The minimum absolute atomic E-state index is 0.354. The number of ether oxygens (including phenoxy) is 1. The molecule has 13 heavy (non-hydrogen) atoms. The molecule has 0 spiro atoms. The topological polar surface area (TPSA) is 35.2 Å². The summed E-state index contributed by atoms with van der Waals surface area (Å²) in [6.07, 6.45) is 2.28. The van der Waals surface area contributed by atoms with Gasteiger partial charge in [0.25, 0.3) is 0 Å². The first-order valence-electron chi connectivity index (χ1n) is 5.40. The van der Waals surface area contributed by atoms with Crippen LogP contribution in [-0.4, -0.2) is 19.8 Å². The average molecular weight is 185 g/mol. The molecule has 1 aliphatic heterocycles. The van der Waals surface area contributed by atoms with Crippen LogP contribution in [0.5, 0.6) is 0 Å². The van der Waals surface area contributed by atoms with Crippen molar-refractivity contribution < 1.29 is 4.74 Å². The summed E-state index contributed by atoms with van der Waals surface area (Å²) in [5, 5.41) is 0. The van der Waals surface area contributed by atoms with E-state index in [0.717, 1.165) is 38.5 Å². The highest BCUT2D eigenvalue weighted by Gasteiger charge is 2.37. The Labute approximate surface area is 81.8 Å². The van der Waals surface area contributed by atoms with Crippen molar-refractivity contribution in [3.8, 4) is 0 Å². The number of hydrogen-bond acceptors (Lipinski definition) is 2. The van der Waals surface area contributed by atoms with E-state index in [1.54, 1.807) is 0 Å². The molecule has 0 saturated carbocycles. The molecule has 1 atom stereocenters. The normalized spacial score (nSPS) is 24.7. The van der Waals surface area contributed by atoms with Crippen molar-refractivity contribution in [1.82, 2.24) is 0 Å². The summed E-state index contributed by atoms with van der Waals surface area (Å²) in [6, 6.07) is 0. The van der Waals surface area contributed by atoms with Gasteiger partial charge in [-0.15, -0.1) is 0 Å². The Bertz CT molecular complexity index is 150. The predicted octanol–water partition coefficient (Wildman–Crippen LogP) is 2.03. The fourth-order valence-electron chi connectivity index (χ4n) is 2.33. The quantitative estimate of drug-likeness (QED) is 0.730. The molecule has 1 heterocycles. The van der Waals surface area contributed by atoms with Crippen LogP contribution in [0.2, 0.25) is 0 Å². The van der Waals surface area contributed by atoms with E-state index in [9.17, 15) is 0 Å². The van der Waals surface area contributed by atoms with E-state index in [1.165, 1.54) is 0 Å². The van der Waals surface area contributed by atoms with Crippen molar-refractivity contribution in [1.29, 1.82) is 0 Å². The molecule has 1 rings (SSSR count). The molecule has 0 aromatic carbocycles. The standard InChI is InChI=1S/C11H23NO/c1-9(2)10(3)11(8-12)4-6-13-7-5-11/h9-10H,4-8,12H2,1-3H3. The van der Waals surface area contributed by atoms with Crippen LogP contribution in [0.3, 0.4) is 0 Å². The van der Waals surface area contributed by atoms with Crippen LogP contribution < -0.4 is 5.73 Å². The Balaban J connectivity index is 2.66. The highest BCUT2D eigenvalue weighted by molar-refractivity contribution is 4.88. The molecule has 2 heteroatoms. The van der Waals surface area contributed by atoms with Crippen molar-refractivity contribution in [3.63, 3.8) is 0 Å². The molecule has 0 radical (unpaired) electrons. The Kier molecular flexibility index (Phi) is 3.74. The van der Waals surface area contributed by atoms with Crippen molar-refractivity contribution in [3.05, 3.63) is 0 Å². The van der Waals surface area contributed by atoms with E-state index in [4.69, 9.17) is 10.5 Å². The Hall–Kier alpha value is -0.0800. The molecule has 2 nitrogen and oxygen atoms in total. The van der Waals surface area contributed by atoms with Crippen molar-refractivity contribution in [2.45, 2.75) is 33.6 Å². The summed E-state index contributed by atoms with van der Waals surface area (Å²) >= 11 is 0. The Morgan fingerprint density at radius 1 is 1.23 bits per heavy atom. The minimum Gasteiger partial charge on any atom is -0.381 e. The van der Waals surface area contributed by atoms with Gasteiger partial charge in [-0.1, -0.05) is 20.8 Å². The molecule has 2 N–H and O–H groups in total. The molecule has 0 aromatic heterocycles. The van der Waals surface area contributed by atoms with E-state index in [-0.39, 0.29) is 0 Å². The molecule has 78 valence electrons. The smallest absolute Gasteiger partial charge is 0.0471 e. The SMILES string of the molecule is CC(C)C(C)C1(CN)CCOCC1. The van der Waals surface area contributed by atoms with Gasteiger partial charge in [0, 0.05) is 13.2 Å². The summed E-state index contributed by atoms with van der Waals surface area (Å²) in [5.74, 6) is 1.43. The molecule has 0 amide bonds. The molecule has 1 aliphatic rings. The predicted molar refractivity (Wildman–Crippen MR) is 55.5 cm³/mol. The maximum atomic E-state index is 5.92. The lowest BCUT2D eigenvalue weighted by Gasteiger charge is -2.43. The van der Waals surface area contributed by atoms with Gasteiger partial charge in [-0.2, -0.15) is 0 Å². The first kappa shape index (κ1) is 11.0. The van der Waals surface area contributed by atoms with E-state index in [2.05, 4.69) is 20.8 Å². The van der Waals surface area contributed by atoms with Crippen LogP contribution in [0.1, 0.15) is 33.6 Å². The molecule has 0 aliphatic carbocycles. The lowest BCUT2D eigenvalue weighted by Crippen LogP contribution is -2.43. The summed E-state index contributed by atoms with van der Waals surface area (Å²) in [4.78, 5) is 0.